The molecule has 0 aliphatic heterocycles. The van der Waals surface area contributed by atoms with Gasteiger partial charge in [0, 0.05) is 6.04 Å². The van der Waals surface area contributed by atoms with E-state index in [1.54, 1.807) is 12.1 Å². The predicted octanol–water partition coefficient (Wildman–Crippen LogP) is 1.05. The molecule has 1 aromatic carbocycles. The van der Waals surface area contributed by atoms with E-state index in [4.69, 9.17) is 5.11 Å². The largest absolute Gasteiger partial charge is 0.508 e. The highest BCUT2D eigenvalue weighted by atomic mass is 16.4. The molecule has 80 valence electrons. The van der Waals surface area contributed by atoms with E-state index >= 15 is 0 Å². The van der Waals surface area contributed by atoms with Crippen LogP contribution in [0.3, 0.4) is 0 Å². The smallest absolute Gasteiger partial charge is 0.317 e. The molecule has 0 saturated carbocycles. The maximum Gasteiger partial charge on any atom is 0.317 e. The van der Waals surface area contributed by atoms with Gasteiger partial charge in [0.05, 0.1) is 6.54 Å². The summed E-state index contributed by atoms with van der Waals surface area (Å²) in [5.41, 5.74) is 1.97. The van der Waals surface area contributed by atoms with Gasteiger partial charge in [0.2, 0.25) is 0 Å². The first-order chi connectivity index (χ1) is 7.18. The Kier molecular flexibility index (Phi) is 2.60. The van der Waals surface area contributed by atoms with Gasteiger partial charge in [-0.05, 0) is 30.0 Å². The molecule has 1 aromatic rings. The lowest BCUT2D eigenvalue weighted by Crippen LogP contribution is -2.25. The number of rotatable bonds is 3. The molecule has 1 aliphatic rings. The Morgan fingerprint density at radius 2 is 2.33 bits per heavy atom. The highest BCUT2D eigenvalue weighted by molar-refractivity contribution is 5.69. The van der Waals surface area contributed by atoms with Crippen molar-refractivity contribution in [2.24, 2.45) is 0 Å². The van der Waals surface area contributed by atoms with Crippen LogP contribution in [-0.4, -0.2) is 22.7 Å². The fourth-order valence-electron chi connectivity index (χ4n) is 2.06. The van der Waals surface area contributed by atoms with E-state index in [1.165, 1.54) is 0 Å². The maximum absolute atomic E-state index is 10.4. The predicted molar refractivity (Wildman–Crippen MR) is 54.8 cm³/mol. The van der Waals surface area contributed by atoms with Crippen LogP contribution < -0.4 is 5.32 Å². The van der Waals surface area contributed by atoms with Gasteiger partial charge in [0.25, 0.3) is 0 Å². The normalized spacial score (nSPS) is 18.8. The third-order valence-electron chi connectivity index (χ3n) is 2.75. The number of phenolic OH excluding ortho intramolecular Hbond substituents is 1. The van der Waals surface area contributed by atoms with Crippen molar-refractivity contribution in [2.75, 3.05) is 6.54 Å². The summed E-state index contributed by atoms with van der Waals surface area (Å²) in [7, 11) is 0. The van der Waals surface area contributed by atoms with E-state index in [1.807, 2.05) is 6.07 Å². The van der Waals surface area contributed by atoms with Crippen molar-refractivity contribution < 1.29 is 15.0 Å². The van der Waals surface area contributed by atoms with Crippen LogP contribution in [0.2, 0.25) is 0 Å². The molecular weight excluding hydrogens is 194 g/mol. The minimum atomic E-state index is -0.858. The summed E-state index contributed by atoms with van der Waals surface area (Å²) in [4.78, 5) is 10.4. The average molecular weight is 207 g/mol. The minimum absolute atomic E-state index is 0.0419. The Balaban J connectivity index is 2.14. The third kappa shape index (κ3) is 1.94. The fraction of sp³-hybridized carbons (Fsp3) is 0.364. The van der Waals surface area contributed by atoms with Crippen molar-refractivity contribution in [3.05, 3.63) is 29.3 Å². The second-order valence-corrected chi connectivity index (χ2v) is 3.71. The summed E-state index contributed by atoms with van der Waals surface area (Å²) in [5.74, 6) is -0.546. The Bertz CT molecular complexity index is 389. The van der Waals surface area contributed by atoms with Crippen molar-refractivity contribution in [3.63, 3.8) is 0 Å². The van der Waals surface area contributed by atoms with Gasteiger partial charge in [-0.1, -0.05) is 12.1 Å². The van der Waals surface area contributed by atoms with Crippen LogP contribution in [0, 0.1) is 0 Å². The van der Waals surface area contributed by atoms with Gasteiger partial charge in [-0.2, -0.15) is 0 Å². The number of aromatic hydroxyl groups is 1. The number of nitrogens with one attached hydrogen (secondary N) is 1. The molecule has 4 heteroatoms. The number of fused-ring (bicyclic) bond motifs is 1. The molecule has 0 fully saturated rings. The van der Waals surface area contributed by atoms with Crippen LogP contribution in [0.25, 0.3) is 0 Å². The molecule has 0 amide bonds. The van der Waals surface area contributed by atoms with E-state index in [2.05, 4.69) is 5.32 Å². The van der Waals surface area contributed by atoms with Gasteiger partial charge < -0.3 is 15.5 Å². The zero-order chi connectivity index (χ0) is 10.8. The Hall–Kier alpha value is -1.55. The molecule has 2 rings (SSSR count). The summed E-state index contributed by atoms with van der Waals surface area (Å²) in [6, 6.07) is 5.44. The molecule has 0 aromatic heterocycles. The molecular formula is C11H13NO3. The molecule has 0 heterocycles. The Labute approximate surface area is 87.6 Å². The Morgan fingerprint density at radius 3 is 3.07 bits per heavy atom. The van der Waals surface area contributed by atoms with Crippen LogP contribution in [0.4, 0.5) is 0 Å². The van der Waals surface area contributed by atoms with Crippen molar-refractivity contribution in [3.8, 4) is 5.75 Å². The lowest BCUT2D eigenvalue weighted by molar-refractivity contribution is -0.136. The fourth-order valence-corrected chi connectivity index (χ4v) is 2.06. The number of aliphatic carboxylic acids is 1. The third-order valence-corrected chi connectivity index (χ3v) is 2.75. The molecule has 15 heavy (non-hydrogen) atoms. The molecule has 0 radical (unpaired) electrons. The summed E-state index contributed by atoms with van der Waals surface area (Å²) in [6.07, 6.45) is 1.65. The number of hydrogen-bond acceptors (Lipinski definition) is 3. The van der Waals surface area contributed by atoms with Gasteiger partial charge in [0.1, 0.15) is 5.75 Å². The van der Waals surface area contributed by atoms with E-state index in [-0.39, 0.29) is 12.6 Å². The second kappa shape index (κ2) is 3.90. The number of phenols is 1. The maximum atomic E-state index is 10.4. The lowest BCUT2D eigenvalue weighted by atomic mass is 10.1. The van der Waals surface area contributed by atoms with Crippen LogP contribution in [0.5, 0.6) is 5.75 Å². The zero-order valence-corrected chi connectivity index (χ0v) is 8.23. The second-order valence-electron chi connectivity index (χ2n) is 3.71. The van der Waals surface area contributed by atoms with Crippen LogP contribution in [-0.2, 0) is 11.2 Å². The van der Waals surface area contributed by atoms with Crippen molar-refractivity contribution >= 4 is 5.97 Å². The standard InChI is InChI=1S/C11H13NO3/c13-10-3-1-2-7-8(10)4-5-9(7)12-6-11(14)15/h1-3,9,12-13H,4-6H2,(H,14,15). The van der Waals surface area contributed by atoms with Crippen molar-refractivity contribution in [1.82, 2.24) is 5.32 Å². The van der Waals surface area contributed by atoms with Crippen molar-refractivity contribution in [2.45, 2.75) is 18.9 Å². The average Bonchev–Trinajstić information content (AvgIpc) is 2.59. The number of carboxylic acids is 1. The monoisotopic (exact) mass is 207 g/mol. The van der Waals surface area contributed by atoms with E-state index < -0.39 is 5.97 Å². The topological polar surface area (TPSA) is 69.6 Å². The van der Waals surface area contributed by atoms with Gasteiger partial charge in [-0.15, -0.1) is 0 Å². The van der Waals surface area contributed by atoms with Gasteiger partial charge in [-0.25, -0.2) is 0 Å². The van der Waals surface area contributed by atoms with E-state index in [0.29, 0.717) is 5.75 Å². The molecule has 4 nitrogen and oxygen atoms in total. The molecule has 1 atom stereocenters. The summed E-state index contributed by atoms with van der Waals surface area (Å²) >= 11 is 0. The van der Waals surface area contributed by atoms with Gasteiger partial charge in [-0.3, -0.25) is 4.79 Å². The number of carboxylic acid groups (broad SMARTS) is 1. The summed E-state index contributed by atoms with van der Waals surface area (Å²) in [6.45, 7) is -0.0419. The van der Waals surface area contributed by atoms with E-state index in [0.717, 1.165) is 24.0 Å². The van der Waals surface area contributed by atoms with Crippen LogP contribution in [0.15, 0.2) is 18.2 Å². The zero-order valence-electron chi connectivity index (χ0n) is 8.23. The lowest BCUT2D eigenvalue weighted by Gasteiger charge is -2.12. The molecule has 0 bridgehead atoms. The number of hydrogen-bond donors (Lipinski definition) is 3. The molecule has 0 spiro atoms. The first-order valence-corrected chi connectivity index (χ1v) is 4.94. The van der Waals surface area contributed by atoms with E-state index in [9.17, 15) is 9.90 Å². The molecule has 3 N–H and O–H groups in total. The number of benzene rings is 1. The van der Waals surface area contributed by atoms with Gasteiger partial charge in [0.15, 0.2) is 0 Å². The number of carbonyl (C=O) groups is 1. The summed E-state index contributed by atoms with van der Waals surface area (Å²) < 4.78 is 0. The summed E-state index contributed by atoms with van der Waals surface area (Å²) in [5, 5.41) is 21.1. The van der Waals surface area contributed by atoms with Crippen molar-refractivity contribution in [1.29, 1.82) is 0 Å². The van der Waals surface area contributed by atoms with Crippen LogP contribution in [0.1, 0.15) is 23.6 Å². The first-order valence-electron chi connectivity index (χ1n) is 4.94. The highest BCUT2D eigenvalue weighted by Gasteiger charge is 2.24. The highest BCUT2D eigenvalue weighted by Crippen LogP contribution is 2.35. The van der Waals surface area contributed by atoms with Gasteiger partial charge >= 0.3 is 5.97 Å². The minimum Gasteiger partial charge on any atom is -0.508 e. The molecule has 1 unspecified atom stereocenters. The SMILES string of the molecule is O=C(O)CNC1CCc2c(O)cccc21. The molecule has 1 aliphatic carbocycles. The molecule has 0 saturated heterocycles. The quantitative estimate of drug-likeness (QED) is 0.693. The Morgan fingerprint density at radius 1 is 1.53 bits per heavy atom. The van der Waals surface area contributed by atoms with Crippen LogP contribution >= 0.6 is 0 Å². The first kappa shape index (κ1) is 9.98.